The van der Waals surface area contributed by atoms with Crippen molar-refractivity contribution in [2.75, 3.05) is 5.32 Å². The van der Waals surface area contributed by atoms with Crippen molar-refractivity contribution in [2.45, 2.75) is 27.2 Å². The molecule has 8 heteroatoms. The molecule has 0 spiro atoms. The van der Waals surface area contributed by atoms with Crippen molar-refractivity contribution in [2.24, 2.45) is 5.41 Å². The second-order valence-electron chi connectivity index (χ2n) is 4.66. The fourth-order valence-electron chi connectivity index (χ4n) is 1.06. The average molecular weight is 274 g/mol. The molecule has 1 aromatic heterocycles. The quantitative estimate of drug-likeness (QED) is 0.722. The summed E-state index contributed by atoms with van der Waals surface area (Å²) in [5.41, 5.74) is -0.160. The Labute approximate surface area is 108 Å². The van der Waals surface area contributed by atoms with E-state index in [2.05, 4.69) is 20.8 Å². The number of H-pyrrole nitrogens is 1. The van der Waals surface area contributed by atoms with Crippen molar-refractivity contribution in [3.8, 4) is 0 Å². The maximum Gasteiger partial charge on any atom is 0.327 e. The molecule has 17 heavy (non-hydrogen) atoms. The van der Waals surface area contributed by atoms with Gasteiger partial charge < -0.3 is 0 Å². The van der Waals surface area contributed by atoms with Gasteiger partial charge in [-0.1, -0.05) is 32.1 Å². The molecule has 0 fully saturated rings. The number of urea groups is 1. The summed E-state index contributed by atoms with van der Waals surface area (Å²) in [6.45, 7) is 5.76. The normalized spacial score (nSPS) is 11.0. The van der Waals surface area contributed by atoms with E-state index in [-0.39, 0.29) is 17.7 Å². The zero-order valence-electron chi connectivity index (χ0n) is 9.79. The number of nitrogens with one attached hydrogen (secondary N) is 3. The first-order chi connectivity index (χ1) is 7.76. The predicted molar refractivity (Wildman–Crippen MR) is 68.5 cm³/mol. The van der Waals surface area contributed by atoms with Gasteiger partial charge in [0.15, 0.2) is 3.95 Å². The summed E-state index contributed by atoms with van der Waals surface area (Å²) in [5.74, 6) is -0.325. The molecule has 0 aliphatic carbocycles. The third-order valence-electron chi connectivity index (χ3n) is 1.60. The maximum absolute atomic E-state index is 11.4. The lowest BCUT2D eigenvalue weighted by atomic mass is 9.92. The number of hydrogen-bond acceptors (Lipinski definition) is 5. The summed E-state index contributed by atoms with van der Waals surface area (Å²) in [6.07, 6.45) is 0.275. The smallest absolute Gasteiger partial charge is 0.282 e. The minimum atomic E-state index is -0.600. The Morgan fingerprint density at radius 2 is 2.12 bits per heavy atom. The van der Waals surface area contributed by atoms with Crippen molar-refractivity contribution < 1.29 is 9.59 Å². The lowest BCUT2D eigenvalue weighted by Gasteiger charge is -2.16. The van der Waals surface area contributed by atoms with Crippen LogP contribution >= 0.6 is 23.6 Å². The van der Waals surface area contributed by atoms with Gasteiger partial charge >= 0.3 is 6.03 Å². The van der Waals surface area contributed by atoms with Crippen molar-refractivity contribution in [1.29, 1.82) is 0 Å². The van der Waals surface area contributed by atoms with Gasteiger partial charge in [0.05, 0.1) is 0 Å². The molecular formula is C9H14N4O2S2. The number of carbonyl (C=O) groups excluding carboxylic acids is 2. The highest BCUT2D eigenvalue weighted by molar-refractivity contribution is 7.73. The molecule has 0 aliphatic rings. The number of aromatic amines is 1. The Bertz CT molecular complexity index is 472. The molecule has 1 heterocycles. The van der Waals surface area contributed by atoms with Gasteiger partial charge in [-0.05, 0) is 17.6 Å². The number of nitrogens with zero attached hydrogens (tertiary/aromatic N) is 1. The summed E-state index contributed by atoms with van der Waals surface area (Å²) < 4.78 is 0.460. The molecule has 0 atom stereocenters. The van der Waals surface area contributed by atoms with Gasteiger partial charge in [-0.3, -0.25) is 20.5 Å². The monoisotopic (exact) mass is 274 g/mol. The fourth-order valence-corrected chi connectivity index (χ4v) is 1.85. The molecular weight excluding hydrogens is 260 g/mol. The SMILES string of the molecule is CC(C)(C)CC(=O)NC(=O)Nc1n[nH]c(=S)s1. The lowest BCUT2D eigenvalue weighted by Crippen LogP contribution is -2.36. The van der Waals surface area contributed by atoms with Gasteiger partial charge in [0.25, 0.3) is 0 Å². The molecule has 3 N–H and O–H groups in total. The second-order valence-corrected chi connectivity index (χ2v) is 6.32. The lowest BCUT2D eigenvalue weighted by molar-refractivity contribution is -0.121. The van der Waals surface area contributed by atoms with E-state index >= 15 is 0 Å². The number of amides is 3. The molecule has 0 radical (unpaired) electrons. The van der Waals surface area contributed by atoms with Gasteiger partial charge in [0, 0.05) is 6.42 Å². The van der Waals surface area contributed by atoms with Crippen LogP contribution in [-0.2, 0) is 4.79 Å². The molecule has 0 unspecified atom stereocenters. The summed E-state index contributed by atoms with van der Waals surface area (Å²) >= 11 is 5.93. The van der Waals surface area contributed by atoms with Gasteiger partial charge in [0.1, 0.15) is 0 Å². The van der Waals surface area contributed by atoms with E-state index in [1.807, 2.05) is 20.8 Å². The zero-order valence-corrected chi connectivity index (χ0v) is 11.4. The molecule has 0 aliphatic heterocycles. The largest absolute Gasteiger partial charge is 0.327 e. The topological polar surface area (TPSA) is 86.9 Å². The number of rotatable bonds is 2. The highest BCUT2D eigenvalue weighted by Gasteiger charge is 2.17. The first kappa shape index (κ1) is 13.8. The van der Waals surface area contributed by atoms with Crippen molar-refractivity contribution >= 4 is 40.6 Å². The summed E-state index contributed by atoms with van der Waals surface area (Å²) in [6, 6.07) is -0.600. The Balaban J connectivity index is 2.45. The highest BCUT2D eigenvalue weighted by Crippen LogP contribution is 2.17. The van der Waals surface area contributed by atoms with Crippen LogP contribution in [0.2, 0.25) is 0 Å². The van der Waals surface area contributed by atoms with Crippen LogP contribution in [0.4, 0.5) is 9.93 Å². The fraction of sp³-hybridized carbons (Fsp3) is 0.556. The van der Waals surface area contributed by atoms with E-state index in [1.54, 1.807) is 0 Å². The van der Waals surface area contributed by atoms with E-state index in [1.165, 1.54) is 0 Å². The highest BCUT2D eigenvalue weighted by atomic mass is 32.1. The molecule has 1 aromatic rings. The van der Waals surface area contributed by atoms with Crippen molar-refractivity contribution in [1.82, 2.24) is 15.5 Å². The summed E-state index contributed by atoms with van der Waals surface area (Å²) in [7, 11) is 0. The van der Waals surface area contributed by atoms with E-state index in [0.29, 0.717) is 9.09 Å². The molecule has 0 saturated carbocycles. The van der Waals surface area contributed by atoms with E-state index in [9.17, 15) is 9.59 Å². The van der Waals surface area contributed by atoms with Crippen LogP contribution in [0.15, 0.2) is 0 Å². The second kappa shape index (κ2) is 5.37. The number of hydrogen-bond donors (Lipinski definition) is 3. The third-order valence-corrected chi connectivity index (χ3v) is 2.61. The van der Waals surface area contributed by atoms with Crippen LogP contribution in [0.25, 0.3) is 0 Å². The third kappa shape index (κ3) is 5.55. The minimum absolute atomic E-state index is 0.160. The van der Waals surface area contributed by atoms with E-state index in [4.69, 9.17) is 12.2 Å². The zero-order chi connectivity index (χ0) is 13.1. The molecule has 0 saturated heterocycles. The van der Waals surface area contributed by atoms with Crippen LogP contribution in [0.5, 0.6) is 0 Å². The van der Waals surface area contributed by atoms with Crippen LogP contribution in [0.3, 0.4) is 0 Å². The Kier molecular flexibility index (Phi) is 4.35. The average Bonchev–Trinajstić information content (AvgIpc) is 2.46. The standard InChI is InChI=1S/C9H14N4O2S2/c1-9(2,3)4-5(14)10-6(15)11-7-12-13-8(16)17-7/h4H2,1-3H3,(H,13,16)(H2,10,11,12,14,15). The van der Waals surface area contributed by atoms with Crippen molar-refractivity contribution in [3.63, 3.8) is 0 Å². The van der Waals surface area contributed by atoms with Gasteiger partial charge in [-0.2, -0.15) is 0 Å². The molecule has 1 rings (SSSR count). The minimum Gasteiger partial charge on any atom is -0.282 e. The van der Waals surface area contributed by atoms with E-state index in [0.717, 1.165) is 11.3 Å². The molecule has 3 amide bonds. The molecule has 0 bridgehead atoms. The van der Waals surface area contributed by atoms with Crippen LogP contribution < -0.4 is 10.6 Å². The summed E-state index contributed by atoms with van der Waals surface area (Å²) in [5, 5.41) is 11.2. The van der Waals surface area contributed by atoms with Gasteiger partial charge in [-0.25, -0.2) is 4.79 Å². The Morgan fingerprint density at radius 3 is 2.59 bits per heavy atom. The van der Waals surface area contributed by atoms with Crippen molar-refractivity contribution in [3.05, 3.63) is 3.95 Å². The first-order valence-electron chi connectivity index (χ1n) is 4.92. The number of imide groups is 1. The predicted octanol–water partition coefficient (Wildman–Crippen LogP) is 2.28. The Hall–Kier alpha value is -1.28. The molecule has 0 aromatic carbocycles. The molecule has 6 nitrogen and oxygen atoms in total. The number of aromatic nitrogens is 2. The Morgan fingerprint density at radius 1 is 1.47 bits per heavy atom. The number of carbonyl (C=O) groups is 2. The van der Waals surface area contributed by atoms with E-state index < -0.39 is 6.03 Å². The van der Waals surface area contributed by atoms with Crippen LogP contribution in [-0.4, -0.2) is 22.1 Å². The van der Waals surface area contributed by atoms with Gasteiger partial charge in [-0.15, -0.1) is 5.10 Å². The van der Waals surface area contributed by atoms with Crippen LogP contribution in [0, 0.1) is 9.37 Å². The summed E-state index contributed by atoms with van der Waals surface area (Å²) in [4.78, 5) is 22.8. The van der Waals surface area contributed by atoms with Crippen LogP contribution in [0.1, 0.15) is 27.2 Å². The first-order valence-corrected chi connectivity index (χ1v) is 6.15. The molecule has 94 valence electrons. The maximum atomic E-state index is 11.4. The van der Waals surface area contributed by atoms with Gasteiger partial charge in [0.2, 0.25) is 11.0 Å². The number of anilines is 1.